The van der Waals surface area contributed by atoms with Crippen LogP contribution in [0, 0.1) is 11.6 Å². The van der Waals surface area contributed by atoms with Crippen LogP contribution in [0.25, 0.3) is 21.9 Å². The predicted octanol–water partition coefficient (Wildman–Crippen LogP) is 4.39. The molecule has 0 unspecified atom stereocenters. The summed E-state index contributed by atoms with van der Waals surface area (Å²) in [5.41, 5.74) is 2.38. The number of hydrogen-bond acceptors (Lipinski definition) is 6. The molecule has 0 atom stereocenters. The van der Waals surface area contributed by atoms with Gasteiger partial charge in [0.15, 0.2) is 0 Å². The molecule has 10 heteroatoms. The van der Waals surface area contributed by atoms with E-state index in [4.69, 9.17) is 4.98 Å². The highest BCUT2D eigenvalue weighted by Gasteiger charge is 2.25. The van der Waals surface area contributed by atoms with Crippen molar-refractivity contribution in [2.45, 2.75) is 25.4 Å². The first kappa shape index (κ1) is 23.0. The molecule has 1 saturated heterocycles. The van der Waals surface area contributed by atoms with Gasteiger partial charge in [-0.1, -0.05) is 24.3 Å². The van der Waals surface area contributed by atoms with Crippen molar-refractivity contribution in [3.63, 3.8) is 0 Å². The normalized spacial score (nSPS) is 14.5. The highest BCUT2D eigenvalue weighted by atomic mass is 19.1. The summed E-state index contributed by atoms with van der Waals surface area (Å²) >= 11 is 0. The summed E-state index contributed by atoms with van der Waals surface area (Å²) < 4.78 is 29.7. The van der Waals surface area contributed by atoms with E-state index in [0.29, 0.717) is 37.2 Å². The van der Waals surface area contributed by atoms with E-state index < -0.39 is 11.4 Å². The summed E-state index contributed by atoms with van der Waals surface area (Å²) in [7, 11) is 0. The van der Waals surface area contributed by atoms with Crippen molar-refractivity contribution in [1.82, 2.24) is 19.3 Å². The molecule has 188 valence electrons. The van der Waals surface area contributed by atoms with Gasteiger partial charge in [0.05, 0.1) is 28.5 Å². The van der Waals surface area contributed by atoms with Crippen molar-refractivity contribution >= 4 is 33.8 Å². The smallest absolute Gasteiger partial charge is 0.295 e. The van der Waals surface area contributed by atoms with Crippen LogP contribution in [0.5, 0.6) is 0 Å². The molecule has 6 rings (SSSR count). The van der Waals surface area contributed by atoms with E-state index in [-0.39, 0.29) is 28.7 Å². The number of hydrogen-bond donors (Lipinski definition) is 2. The lowest BCUT2D eigenvalue weighted by molar-refractivity contribution is 0.175. The molecule has 0 bridgehead atoms. The number of rotatable bonds is 5. The van der Waals surface area contributed by atoms with Crippen LogP contribution < -0.4 is 15.8 Å². The lowest BCUT2D eigenvalue weighted by Gasteiger charge is -2.33. The van der Waals surface area contributed by atoms with Crippen LogP contribution in [0.3, 0.4) is 0 Å². The van der Waals surface area contributed by atoms with E-state index in [9.17, 15) is 18.8 Å². The predicted molar refractivity (Wildman–Crippen MR) is 137 cm³/mol. The van der Waals surface area contributed by atoms with Gasteiger partial charge in [-0.3, -0.25) is 4.79 Å². The molecule has 0 aliphatic carbocycles. The zero-order chi connectivity index (χ0) is 25.5. The van der Waals surface area contributed by atoms with Crippen molar-refractivity contribution in [2.24, 2.45) is 0 Å². The fourth-order valence-corrected chi connectivity index (χ4v) is 4.87. The largest absolute Gasteiger partial charge is 0.422 e. The summed E-state index contributed by atoms with van der Waals surface area (Å²) in [5.74, 6) is 0.0589. The van der Waals surface area contributed by atoms with Gasteiger partial charge in [0.25, 0.3) is 5.56 Å². The van der Waals surface area contributed by atoms with Gasteiger partial charge in [-0.2, -0.15) is 0 Å². The Morgan fingerprint density at radius 2 is 1.65 bits per heavy atom. The summed E-state index contributed by atoms with van der Waals surface area (Å²) in [4.78, 5) is 23.6. The van der Waals surface area contributed by atoms with Gasteiger partial charge in [0.1, 0.15) is 11.6 Å². The number of aromatic nitrogens is 4. The van der Waals surface area contributed by atoms with Crippen LogP contribution in [-0.4, -0.2) is 43.6 Å². The molecule has 0 amide bonds. The first-order valence-electron chi connectivity index (χ1n) is 12.1. The van der Waals surface area contributed by atoms with Gasteiger partial charge in [0, 0.05) is 25.2 Å². The minimum Gasteiger partial charge on any atom is -0.422 e. The average molecular weight is 503 g/mol. The lowest BCUT2D eigenvalue weighted by atomic mass is 10.1. The molecule has 5 aromatic rings. The molecule has 0 saturated carbocycles. The van der Waals surface area contributed by atoms with E-state index in [1.54, 1.807) is 12.1 Å². The second kappa shape index (κ2) is 9.20. The molecule has 1 fully saturated rings. The second-order valence-electron chi connectivity index (χ2n) is 9.23. The zero-order valence-corrected chi connectivity index (χ0v) is 19.8. The molecule has 2 N–H and O–H groups in total. The molecule has 3 aromatic carbocycles. The number of imidazole rings is 1. The van der Waals surface area contributed by atoms with Gasteiger partial charge in [-0.25, -0.2) is 18.7 Å². The van der Waals surface area contributed by atoms with Crippen molar-refractivity contribution < 1.29 is 14.0 Å². The second-order valence-corrected chi connectivity index (χ2v) is 9.23. The molecule has 1 aliphatic rings. The Bertz CT molecular complexity index is 1660. The van der Waals surface area contributed by atoms with Gasteiger partial charge in [0.2, 0.25) is 11.9 Å². The molecule has 1 aliphatic heterocycles. The van der Waals surface area contributed by atoms with Crippen molar-refractivity contribution in [1.29, 1.82) is 0 Å². The molecule has 0 radical (unpaired) electrons. The van der Waals surface area contributed by atoms with Crippen LogP contribution in [0.2, 0.25) is 0 Å². The van der Waals surface area contributed by atoms with Gasteiger partial charge in [-0.15, -0.1) is 4.73 Å². The topological polar surface area (TPSA) is 88.2 Å². The third-order valence-corrected chi connectivity index (χ3v) is 6.81. The fourth-order valence-electron chi connectivity index (χ4n) is 4.87. The molecule has 3 heterocycles. The Kier molecular flexibility index (Phi) is 5.71. The molecule has 37 heavy (non-hydrogen) atoms. The minimum absolute atomic E-state index is 0.0943. The monoisotopic (exact) mass is 502 g/mol. The molecule has 2 aromatic heterocycles. The number of piperidine rings is 1. The summed E-state index contributed by atoms with van der Waals surface area (Å²) in [5, 5.41) is 14.2. The Morgan fingerprint density at radius 3 is 2.43 bits per heavy atom. The van der Waals surface area contributed by atoms with Crippen molar-refractivity contribution in [2.75, 3.05) is 23.3 Å². The SMILES string of the molecule is O=c1c2ccc(F)cc2nc(N2CCC(Nc3nc4ccccc4n3Cc3ccc(F)cc3)CC2)n1O. The van der Waals surface area contributed by atoms with Crippen molar-refractivity contribution in [3.05, 3.63) is 94.3 Å². The molecule has 0 spiro atoms. The number of nitrogens with one attached hydrogen (secondary N) is 1. The standard InChI is InChI=1S/C27H24F2N6O2/c28-18-7-5-17(6-8-18)16-34-24-4-2-1-3-22(24)31-26(34)30-20-11-13-33(14-12-20)27-32-23-15-19(29)9-10-21(23)25(36)35(27)37/h1-10,15,20,37H,11-14,16H2,(H,30,31). The number of nitrogens with zero attached hydrogens (tertiary/aromatic N) is 5. The zero-order valence-electron chi connectivity index (χ0n) is 19.8. The molecular formula is C27H24F2N6O2. The van der Waals surface area contributed by atoms with Crippen LogP contribution in [0.4, 0.5) is 20.7 Å². The van der Waals surface area contributed by atoms with Crippen LogP contribution >= 0.6 is 0 Å². The lowest BCUT2D eigenvalue weighted by Crippen LogP contribution is -2.42. The number of benzene rings is 3. The summed E-state index contributed by atoms with van der Waals surface area (Å²) in [6, 6.07) is 18.1. The summed E-state index contributed by atoms with van der Waals surface area (Å²) in [6.07, 6.45) is 1.41. The maximum absolute atomic E-state index is 13.7. The number of anilines is 2. The van der Waals surface area contributed by atoms with Crippen LogP contribution in [0.15, 0.2) is 71.5 Å². The molecule has 8 nitrogen and oxygen atoms in total. The van der Waals surface area contributed by atoms with Gasteiger partial charge >= 0.3 is 0 Å². The highest BCUT2D eigenvalue weighted by molar-refractivity contribution is 5.79. The number of fused-ring (bicyclic) bond motifs is 2. The number of halogens is 2. The Labute approximate surface area is 210 Å². The first-order chi connectivity index (χ1) is 18.0. The third-order valence-electron chi connectivity index (χ3n) is 6.81. The van der Waals surface area contributed by atoms with E-state index in [0.717, 1.165) is 22.5 Å². The summed E-state index contributed by atoms with van der Waals surface area (Å²) in [6.45, 7) is 1.60. The van der Waals surface area contributed by atoms with E-state index >= 15 is 0 Å². The minimum atomic E-state index is -0.630. The number of para-hydroxylation sites is 2. The van der Waals surface area contributed by atoms with Crippen LogP contribution in [-0.2, 0) is 6.54 Å². The highest BCUT2D eigenvalue weighted by Crippen LogP contribution is 2.25. The van der Waals surface area contributed by atoms with Gasteiger partial charge < -0.3 is 20.0 Å². The maximum atomic E-state index is 13.7. The Hall–Kier alpha value is -4.47. The van der Waals surface area contributed by atoms with E-state index in [1.807, 2.05) is 29.2 Å². The Morgan fingerprint density at radius 1 is 0.919 bits per heavy atom. The van der Waals surface area contributed by atoms with Crippen molar-refractivity contribution in [3.8, 4) is 0 Å². The molecular weight excluding hydrogens is 478 g/mol. The van der Waals surface area contributed by atoms with E-state index in [2.05, 4.69) is 14.9 Å². The average Bonchev–Trinajstić information content (AvgIpc) is 3.24. The maximum Gasteiger partial charge on any atom is 0.295 e. The third kappa shape index (κ3) is 4.35. The quantitative estimate of drug-likeness (QED) is 0.347. The van der Waals surface area contributed by atoms with Gasteiger partial charge in [-0.05, 0) is 54.8 Å². The fraction of sp³-hybridized carbons (Fsp3) is 0.222. The van der Waals surface area contributed by atoms with E-state index in [1.165, 1.54) is 30.3 Å². The van der Waals surface area contributed by atoms with Crippen LogP contribution in [0.1, 0.15) is 18.4 Å². The first-order valence-corrected chi connectivity index (χ1v) is 12.1. The Balaban J connectivity index is 1.22.